The molecule has 124 valence electrons. The molecule has 0 heterocycles. The van der Waals surface area contributed by atoms with Crippen LogP contribution in [0.3, 0.4) is 0 Å². The zero-order valence-corrected chi connectivity index (χ0v) is 15.8. The third-order valence-electron chi connectivity index (χ3n) is 2.47. The third-order valence-corrected chi connectivity index (χ3v) is 5.49. The van der Waals surface area contributed by atoms with E-state index in [1.807, 2.05) is 13.8 Å². The lowest BCUT2D eigenvalue weighted by molar-refractivity contribution is 0.585. The summed E-state index contributed by atoms with van der Waals surface area (Å²) in [7, 11) is -3.90. The normalized spacial score (nSPS) is 12.9. The maximum Gasteiger partial charge on any atom is 0.245 e. The predicted molar refractivity (Wildman–Crippen MR) is 92.2 cm³/mol. The first kappa shape index (κ1) is 21.4. The highest BCUT2D eigenvalue weighted by atomic mass is 35.5. The maximum absolute atomic E-state index is 12.3. The largest absolute Gasteiger partial charge is 0.375 e. The van der Waals surface area contributed by atoms with Crippen LogP contribution in [0.2, 0.25) is 0 Å². The van der Waals surface area contributed by atoms with Crippen molar-refractivity contribution >= 4 is 56.4 Å². The first-order valence-corrected chi connectivity index (χ1v) is 9.61. The number of hydrogen-bond donors (Lipinski definition) is 2. The van der Waals surface area contributed by atoms with Gasteiger partial charge >= 0.3 is 0 Å². The van der Waals surface area contributed by atoms with Gasteiger partial charge in [-0.25, -0.2) is 13.1 Å². The molecule has 0 aliphatic heterocycles. The standard InChI is InChI=1S/C12H20Cl4N2O2S/c1-3-5-7-17-12(16)10(9(13)11(14)15)21(19,20)18-8-6-4-2/h17-18H,3-8H2,1-2H3/b12-10-. The molecule has 0 fully saturated rings. The summed E-state index contributed by atoms with van der Waals surface area (Å²) < 4.78 is 26.7. The smallest absolute Gasteiger partial charge is 0.245 e. The Balaban J connectivity index is 5.42. The molecule has 0 unspecified atom stereocenters. The first-order valence-electron chi connectivity index (χ1n) is 6.62. The Morgan fingerprint density at radius 3 is 1.95 bits per heavy atom. The molecule has 0 rings (SSSR count). The second-order valence-corrected chi connectivity index (χ2v) is 7.66. The molecule has 4 nitrogen and oxygen atoms in total. The van der Waals surface area contributed by atoms with E-state index < -0.39 is 10.0 Å². The average molecular weight is 398 g/mol. The van der Waals surface area contributed by atoms with E-state index in [1.165, 1.54) is 0 Å². The molecule has 0 aromatic rings. The van der Waals surface area contributed by atoms with Crippen LogP contribution in [0.1, 0.15) is 39.5 Å². The van der Waals surface area contributed by atoms with E-state index in [4.69, 9.17) is 46.4 Å². The van der Waals surface area contributed by atoms with Gasteiger partial charge in [0, 0.05) is 13.1 Å². The maximum atomic E-state index is 12.3. The predicted octanol–water partition coefficient (Wildman–Crippen LogP) is 4.39. The second kappa shape index (κ2) is 11.0. The fourth-order valence-electron chi connectivity index (χ4n) is 1.33. The quantitative estimate of drug-likeness (QED) is 0.326. The molecule has 0 saturated heterocycles. The molecular weight excluding hydrogens is 378 g/mol. The van der Waals surface area contributed by atoms with Crippen molar-refractivity contribution in [1.82, 2.24) is 10.0 Å². The number of allylic oxidation sites excluding steroid dienone is 1. The van der Waals surface area contributed by atoms with E-state index >= 15 is 0 Å². The van der Waals surface area contributed by atoms with Crippen molar-refractivity contribution in [3.05, 3.63) is 19.6 Å². The molecule has 0 saturated carbocycles. The van der Waals surface area contributed by atoms with Crippen LogP contribution < -0.4 is 10.0 Å². The zero-order chi connectivity index (χ0) is 16.5. The molecule has 0 bridgehead atoms. The minimum absolute atomic E-state index is 0.101. The Hall–Kier alpha value is 0.350. The van der Waals surface area contributed by atoms with Crippen LogP contribution in [0.5, 0.6) is 0 Å². The molecule has 21 heavy (non-hydrogen) atoms. The summed E-state index contributed by atoms with van der Waals surface area (Å²) in [6, 6.07) is 0. The number of halogens is 4. The molecule has 0 spiro atoms. The summed E-state index contributed by atoms with van der Waals surface area (Å²) in [6.45, 7) is 4.76. The van der Waals surface area contributed by atoms with Gasteiger partial charge in [0.1, 0.15) is 14.6 Å². The molecule has 0 radical (unpaired) electrons. The summed E-state index contributed by atoms with van der Waals surface area (Å²) in [5, 5.41) is 2.40. The van der Waals surface area contributed by atoms with Crippen LogP contribution in [0.4, 0.5) is 0 Å². The van der Waals surface area contributed by atoms with Gasteiger partial charge in [0.05, 0.1) is 5.03 Å². The monoisotopic (exact) mass is 396 g/mol. The van der Waals surface area contributed by atoms with Crippen LogP contribution in [0, 0.1) is 0 Å². The Labute approximate surface area is 146 Å². The molecule has 0 aliphatic rings. The minimum atomic E-state index is -3.90. The van der Waals surface area contributed by atoms with E-state index in [2.05, 4.69) is 10.0 Å². The fraction of sp³-hybridized carbons (Fsp3) is 0.667. The van der Waals surface area contributed by atoms with Crippen molar-refractivity contribution in [1.29, 1.82) is 0 Å². The Morgan fingerprint density at radius 1 is 0.952 bits per heavy atom. The van der Waals surface area contributed by atoms with Crippen LogP contribution in [-0.4, -0.2) is 21.5 Å². The van der Waals surface area contributed by atoms with Crippen LogP contribution in [-0.2, 0) is 10.0 Å². The highest BCUT2D eigenvalue weighted by molar-refractivity contribution is 7.93. The van der Waals surface area contributed by atoms with Gasteiger partial charge in [-0.1, -0.05) is 73.1 Å². The van der Waals surface area contributed by atoms with Crippen molar-refractivity contribution < 1.29 is 8.42 Å². The summed E-state index contributed by atoms with van der Waals surface area (Å²) in [4.78, 5) is -0.335. The Morgan fingerprint density at radius 2 is 1.48 bits per heavy atom. The Bertz CT molecular complexity index is 485. The van der Waals surface area contributed by atoms with Crippen molar-refractivity contribution in [2.24, 2.45) is 0 Å². The SMILES string of the molecule is CCCCN/C(Cl)=C(/C(Cl)=C(Cl)Cl)S(=O)(=O)NCCCC. The fourth-order valence-corrected chi connectivity index (χ4v) is 3.77. The molecule has 2 N–H and O–H groups in total. The van der Waals surface area contributed by atoms with Crippen LogP contribution >= 0.6 is 46.4 Å². The van der Waals surface area contributed by atoms with Gasteiger partial charge in [-0.15, -0.1) is 0 Å². The lowest BCUT2D eigenvalue weighted by Crippen LogP contribution is -2.29. The number of rotatable bonds is 10. The molecule has 0 aromatic heterocycles. The number of unbranched alkanes of at least 4 members (excludes halogenated alkanes) is 2. The van der Waals surface area contributed by atoms with Crippen molar-refractivity contribution in [3.63, 3.8) is 0 Å². The van der Waals surface area contributed by atoms with Crippen molar-refractivity contribution in [2.75, 3.05) is 13.1 Å². The van der Waals surface area contributed by atoms with E-state index in [-0.39, 0.29) is 26.1 Å². The van der Waals surface area contributed by atoms with Crippen LogP contribution in [0.25, 0.3) is 0 Å². The lowest BCUT2D eigenvalue weighted by Gasteiger charge is -2.13. The summed E-state index contributed by atoms with van der Waals surface area (Å²) >= 11 is 23.1. The topological polar surface area (TPSA) is 58.2 Å². The molecule has 0 amide bonds. The van der Waals surface area contributed by atoms with Crippen molar-refractivity contribution in [3.8, 4) is 0 Å². The molecule has 0 atom stereocenters. The van der Waals surface area contributed by atoms with E-state index in [0.29, 0.717) is 13.0 Å². The van der Waals surface area contributed by atoms with Gasteiger partial charge in [-0.05, 0) is 12.8 Å². The summed E-state index contributed by atoms with van der Waals surface area (Å²) in [5.74, 6) is 0. The Kier molecular flexibility index (Phi) is 11.2. The lowest BCUT2D eigenvalue weighted by atomic mass is 10.3. The molecule has 9 heteroatoms. The number of sulfonamides is 1. The second-order valence-electron chi connectivity index (χ2n) is 4.25. The van der Waals surface area contributed by atoms with E-state index in [0.717, 1.165) is 19.3 Å². The summed E-state index contributed by atoms with van der Waals surface area (Å²) in [5.41, 5.74) is 0. The van der Waals surface area contributed by atoms with Crippen molar-refractivity contribution in [2.45, 2.75) is 39.5 Å². The average Bonchev–Trinajstić information content (AvgIpc) is 2.38. The van der Waals surface area contributed by atoms with Gasteiger partial charge < -0.3 is 5.32 Å². The molecule has 0 aliphatic carbocycles. The van der Waals surface area contributed by atoms with Gasteiger partial charge in [-0.2, -0.15) is 0 Å². The molecule has 0 aromatic carbocycles. The minimum Gasteiger partial charge on any atom is -0.375 e. The van der Waals surface area contributed by atoms with Gasteiger partial charge in [0.2, 0.25) is 10.0 Å². The van der Waals surface area contributed by atoms with Gasteiger partial charge in [-0.3, -0.25) is 0 Å². The number of nitrogens with one attached hydrogen (secondary N) is 2. The highest BCUT2D eigenvalue weighted by Gasteiger charge is 2.26. The highest BCUT2D eigenvalue weighted by Crippen LogP contribution is 2.31. The molecular formula is C12H20Cl4N2O2S. The number of hydrogen-bond acceptors (Lipinski definition) is 3. The summed E-state index contributed by atoms with van der Waals surface area (Å²) in [6.07, 6.45) is 3.32. The van der Waals surface area contributed by atoms with Gasteiger partial charge in [0.25, 0.3) is 0 Å². The van der Waals surface area contributed by atoms with E-state index in [9.17, 15) is 8.42 Å². The zero-order valence-electron chi connectivity index (χ0n) is 12.0. The van der Waals surface area contributed by atoms with Crippen LogP contribution in [0.15, 0.2) is 19.6 Å². The first-order chi connectivity index (χ1) is 9.77. The van der Waals surface area contributed by atoms with Gasteiger partial charge in [0.15, 0.2) is 0 Å². The van der Waals surface area contributed by atoms with E-state index in [1.54, 1.807) is 0 Å². The third kappa shape index (κ3) is 7.95.